The molecule has 0 rings (SSSR count). The van der Waals surface area contributed by atoms with Crippen molar-refractivity contribution in [2.45, 2.75) is 0 Å². The summed E-state index contributed by atoms with van der Waals surface area (Å²) in [4.78, 5) is 0. The Morgan fingerprint density at radius 3 is 1.50 bits per heavy atom. The van der Waals surface area contributed by atoms with E-state index in [1.807, 2.05) is 0 Å². The molecule has 0 bridgehead atoms. The van der Waals surface area contributed by atoms with Gasteiger partial charge in [-0.3, -0.25) is 4.55 Å². The van der Waals surface area contributed by atoms with Gasteiger partial charge in [0, 0.05) is 23.9 Å². The van der Waals surface area contributed by atoms with Crippen molar-refractivity contribution in [1.29, 1.82) is 0 Å². The van der Waals surface area contributed by atoms with Crippen LogP contribution in [0.15, 0.2) is 0 Å². The summed E-state index contributed by atoms with van der Waals surface area (Å²) in [7, 11) is -3.67. The fraction of sp³-hybridized carbons (Fsp3) is 1.00. The Morgan fingerprint density at radius 1 is 1.50 bits per heavy atom. The molecule has 3 nitrogen and oxygen atoms in total. The van der Waals surface area contributed by atoms with Crippen molar-refractivity contribution >= 4 is 34.0 Å². The average Bonchev–Trinajstić information content (AvgIpc) is 0.722. The summed E-state index contributed by atoms with van der Waals surface area (Å²) in [6, 6.07) is 0. The van der Waals surface area contributed by atoms with E-state index in [2.05, 4.69) is 0 Å². The van der Waals surface area contributed by atoms with Gasteiger partial charge in [-0.05, 0) is 0 Å². The van der Waals surface area contributed by atoms with Gasteiger partial charge in [-0.15, -0.1) is 0 Å². The first-order chi connectivity index (χ1) is 2.00. The van der Waals surface area contributed by atoms with Crippen molar-refractivity contribution in [1.82, 2.24) is 0 Å². The molecular weight excluding hydrogens is 211 g/mol. The zero-order valence-electron chi connectivity index (χ0n) is 3.17. The molecular formula is CH4O3SSn. The summed E-state index contributed by atoms with van der Waals surface area (Å²) < 4.78 is 25.9. The molecule has 0 fully saturated rings. The smallest absolute Gasteiger partial charge is 0.261 e. The summed E-state index contributed by atoms with van der Waals surface area (Å²) in [5.41, 5.74) is 0. The molecule has 0 aromatic rings. The van der Waals surface area contributed by atoms with E-state index in [0.29, 0.717) is 6.26 Å². The molecule has 0 spiro atoms. The van der Waals surface area contributed by atoms with Crippen LogP contribution in [0.1, 0.15) is 0 Å². The standard InChI is InChI=1S/CH4O3S.Sn/c1-5(2,3)4;/h1H3,(H,2,3,4);. The van der Waals surface area contributed by atoms with Crippen molar-refractivity contribution in [2.24, 2.45) is 0 Å². The average molecular weight is 215 g/mol. The van der Waals surface area contributed by atoms with Crippen LogP contribution >= 0.6 is 0 Å². The largest absolute Gasteiger partial charge is 0.286 e. The Balaban J connectivity index is 0. The molecule has 5 heteroatoms. The Kier molecular flexibility index (Phi) is 4.62. The van der Waals surface area contributed by atoms with Gasteiger partial charge in [-0.1, -0.05) is 0 Å². The van der Waals surface area contributed by atoms with Gasteiger partial charge in [-0.2, -0.15) is 8.42 Å². The van der Waals surface area contributed by atoms with Crippen LogP contribution in [-0.2, 0) is 10.1 Å². The van der Waals surface area contributed by atoms with Crippen molar-refractivity contribution in [3.8, 4) is 0 Å². The second-order valence-corrected chi connectivity index (χ2v) is 2.20. The third-order valence-electron chi connectivity index (χ3n) is 0. The summed E-state index contributed by atoms with van der Waals surface area (Å²) >= 11 is 0. The molecule has 0 aliphatic carbocycles. The third-order valence-corrected chi connectivity index (χ3v) is 0. The Morgan fingerprint density at radius 2 is 1.50 bits per heavy atom. The maximum Gasteiger partial charge on any atom is 0.261 e. The zero-order valence-corrected chi connectivity index (χ0v) is 6.84. The normalized spacial score (nSPS) is 9.67. The predicted octanol–water partition coefficient (Wildman–Crippen LogP) is -0.877. The van der Waals surface area contributed by atoms with Gasteiger partial charge < -0.3 is 0 Å². The van der Waals surface area contributed by atoms with Gasteiger partial charge in [0.05, 0.1) is 6.26 Å². The van der Waals surface area contributed by atoms with Crippen LogP contribution in [-0.4, -0.2) is 43.1 Å². The predicted molar refractivity (Wildman–Crippen MR) is 23.2 cm³/mol. The summed E-state index contributed by atoms with van der Waals surface area (Å²) in [5, 5.41) is 0. The topological polar surface area (TPSA) is 54.4 Å². The first-order valence-electron chi connectivity index (χ1n) is 0.924. The van der Waals surface area contributed by atoms with Crippen LogP contribution in [0.2, 0.25) is 0 Å². The monoisotopic (exact) mass is 216 g/mol. The molecule has 1 N–H and O–H groups in total. The second kappa shape index (κ2) is 2.81. The first kappa shape index (κ1) is 9.86. The molecule has 0 aromatic carbocycles. The van der Waals surface area contributed by atoms with Crippen LogP contribution in [0.4, 0.5) is 0 Å². The molecule has 36 valence electrons. The fourth-order valence-electron chi connectivity index (χ4n) is 0. The van der Waals surface area contributed by atoms with Gasteiger partial charge in [0.1, 0.15) is 0 Å². The zero-order chi connectivity index (χ0) is 4.50. The van der Waals surface area contributed by atoms with E-state index in [4.69, 9.17) is 4.55 Å². The van der Waals surface area contributed by atoms with Gasteiger partial charge in [0.15, 0.2) is 0 Å². The van der Waals surface area contributed by atoms with Crippen LogP contribution in [0.5, 0.6) is 0 Å². The second-order valence-electron chi connectivity index (χ2n) is 0.733. The van der Waals surface area contributed by atoms with Crippen LogP contribution in [0.25, 0.3) is 0 Å². The van der Waals surface area contributed by atoms with Crippen LogP contribution < -0.4 is 0 Å². The molecule has 4 radical (unpaired) electrons. The van der Waals surface area contributed by atoms with Gasteiger partial charge in [0.25, 0.3) is 10.1 Å². The number of hydrogen-bond acceptors (Lipinski definition) is 2. The van der Waals surface area contributed by atoms with Crippen molar-refractivity contribution < 1.29 is 13.0 Å². The van der Waals surface area contributed by atoms with E-state index in [-0.39, 0.29) is 23.9 Å². The van der Waals surface area contributed by atoms with Crippen LogP contribution in [0.3, 0.4) is 0 Å². The minimum absolute atomic E-state index is 0. The molecule has 0 saturated carbocycles. The SMILES string of the molecule is CS(=O)(=O)O.[Sn]. The molecule has 0 atom stereocenters. The maximum atomic E-state index is 9.19. The minimum Gasteiger partial charge on any atom is -0.286 e. The Labute approximate surface area is 53.4 Å². The maximum absolute atomic E-state index is 9.19. The molecule has 0 saturated heterocycles. The molecule has 6 heavy (non-hydrogen) atoms. The van der Waals surface area contributed by atoms with E-state index >= 15 is 0 Å². The molecule has 0 heterocycles. The molecule has 0 aliphatic heterocycles. The van der Waals surface area contributed by atoms with Crippen molar-refractivity contribution in [3.63, 3.8) is 0 Å². The number of rotatable bonds is 0. The summed E-state index contributed by atoms with van der Waals surface area (Å²) in [6.07, 6.45) is 0.715. The number of hydrogen-bond donors (Lipinski definition) is 1. The molecule has 0 aromatic heterocycles. The van der Waals surface area contributed by atoms with E-state index in [1.54, 1.807) is 0 Å². The van der Waals surface area contributed by atoms with E-state index < -0.39 is 10.1 Å². The summed E-state index contributed by atoms with van der Waals surface area (Å²) in [5.74, 6) is 0. The minimum atomic E-state index is -3.67. The van der Waals surface area contributed by atoms with Gasteiger partial charge in [0.2, 0.25) is 0 Å². The fourth-order valence-corrected chi connectivity index (χ4v) is 0. The van der Waals surface area contributed by atoms with Crippen molar-refractivity contribution in [3.05, 3.63) is 0 Å². The van der Waals surface area contributed by atoms with E-state index in [1.165, 1.54) is 0 Å². The Hall–Kier alpha value is 0.709. The Bertz CT molecular complexity index is 94.0. The first-order valence-corrected chi connectivity index (χ1v) is 2.77. The van der Waals surface area contributed by atoms with Crippen LogP contribution in [0, 0.1) is 0 Å². The van der Waals surface area contributed by atoms with E-state index in [0.717, 1.165) is 0 Å². The molecule has 0 amide bonds. The summed E-state index contributed by atoms with van der Waals surface area (Å²) in [6.45, 7) is 0. The quantitative estimate of drug-likeness (QED) is 0.421. The third kappa shape index (κ3) is 129. The molecule has 0 aliphatic rings. The van der Waals surface area contributed by atoms with Gasteiger partial charge in [-0.25, -0.2) is 0 Å². The van der Waals surface area contributed by atoms with Crippen molar-refractivity contribution in [2.75, 3.05) is 6.26 Å². The molecule has 0 unspecified atom stereocenters. The van der Waals surface area contributed by atoms with Gasteiger partial charge >= 0.3 is 0 Å². The van der Waals surface area contributed by atoms with E-state index in [9.17, 15) is 8.42 Å².